The van der Waals surface area contributed by atoms with Crippen LogP contribution >= 0.6 is 0 Å². The molecule has 4 nitrogen and oxygen atoms in total. The van der Waals surface area contributed by atoms with Crippen LogP contribution in [0.4, 0.5) is 0 Å². The zero-order valence-corrected chi connectivity index (χ0v) is 9.53. The molecule has 1 heterocycles. The summed E-state index contributed by atoms with van der Waals surface area (Å²) in [6, 6.07) is 0. The Morgan fingerprint density at radius 3 is 2.53 bits per heavy atom. The SMILES string of the molecule is CCC(C)(C)c1ncc(C(=O)O)c(C)n1. The topological polar surface area (TPSA) is 63.1 Å². The first-order valence-electron chi connectivity index (χ1n) is 4.96. The maximum absolute atomic E-state index is 10.8. The Bertz CT molecular complexity index is 386. The molecule has 0 aromatic carbocycles. The Hall–Kier alpha value is -1.45. The lowest BCUT2D eigenvalue weighted by Crippen LogP contribution is -2.21. The van der Waals surface area contributed by atoms with E-state index in [1.54, 1.807) is 6.92 Å². The summed E-state index contributed by atoms with van der Waals surface area (Å²) in [4.78, 5) is 19.1. The van der Waals surface area contributed by atoms with E-state index in [4.69, 9.17) is 5.11 Å². The van der Waals surface area contributed by atoms with Crippen molar-refractivity contribution in [2.24, 2.45) is 0 Å². The highest BCUT2D eigenvalue weighted by atomic mass is 16.4. The van der Waals surface area contributed by atoms with E-state index in [-0.39, 0.29) is 11.0 Å². The number of hydrogen-bond acceptors (Lipinski definition) is 3. The largest absolute Gasteiger partial charge is 0.478 e. The number of carboxylic acids is 1. The fourth-order valence-electron chi connectivity index (χ4n) is 1.16. The number of nitrogens with zero attached hydrogens (tertiary/aromatic N) is 2. The molecule has 1 aromatic heterocycles. The van der Waals surface area contributed by atoms with Gasteiger partial charge < -0.3 is 5.11 Å². The molecule has 0 aliphatic heterocycles. The van der Waals surface area contributed by atoms with Crippen molar-refractivity contribution < 1.29 is 9.90 Å². The van der Waals surface area contributed by atoms with E-state index in [9.17, 15) is 4.79 Å². The summed E-state index contributed by atoms with van der Waals surface area (Å²) in [5.41, 5.74) is 0.585. The molecule has 82 valence electrons. The van der Waals surface area contributed by atoms with E-state index >= 15 is 0 Å². The molecule has 1 N–H and O–H groups in total. The third-order valence-electron chi connectivity index (χ3n) is 2.70. The minimum absolute atomic E-state index is 0.109. The average molecular weight is 208 g/mol. The van der Waals surface area contributed by atoms with Gasteiger partial charge in [0.2, 0.25) is 0 Å². The molecule has 0 fully saturated rings. The Morgan fingerprint density at radius 2 is 2.13 bits per heavy atom. The Labute approximate surface area is 89.4 Å². The van der Waals surface area contributed by atoms with Crippen LogP contribution in [0.5, 0.6) is 0 Å². The van der Waals surface area contributed by atoms with E-state index < -0.39 is 5.97 Å². The van der Waals surface area contributed by atoms with Gasteiger partial charge in [-0.15, -0.1) is 0 Å². The molecule has 15 heavy (non-hydrogen) atoms. The van der Waals surface area contributed by atoms with Crippen molar-refractivity contribution in [2.75, 3.05) is 0 Å². The molecule has 0 unspecified atom stereocenters. The predicted molar refractivity (Wildman–Crippen MR) is 57.0 cm³/mol. The van der Waals surface area contributed by atoms with Gasteiger partial charge in [0.15, 0.2) is 0 Å². The number of aromatic nitrogens is 2. The minimum atomic E-state index is -0.978. The van der Waals surface area contributed by atoms with Gasteiger partial charge in [-0.3, -0.25) is 0 Å². The summed E-state index contributed by atoms with van der Waals surface area (Å²) in [5, 5.41) is 8.84. The molecule has 0 aliphatic carbocycles. The summed E-state index contributed by atoms with van der Waals surface area (Å²) in [5.74, 6) is -0.277. The summed E-state index contributed by atoms with van der Waals surface area (Å²) in [6.07, 6.45) is 2.30. The Balaban J connectivity index is 3.18. The van der Waals surface area contributed by atoms with Crippen LogP contribution in [0, 0.1) is 6.92 Å². The van der Waals surface area contributed by atoms with Crippen LogP contribution in [0.1, 0.15) is 49.1 Å². The molecular weight excluding hydrogens is 192 g/mol. The van der Waals surface area contributed by atoms with Crippen LogP contribution in [0.15, 0.2) is 6.20 Å². The van der Waals surface area contributed by atoms with Crippen LogP contribution in [-0.2, 0) is 5.41 Å². The molecule has 0 radical (unpaired) electrons. The minimum Gasteiger partial charge on any atom is -0.478 e. The molecule has 0 saturated heterocycles. The standard InChI is InChI=1S/C11H16N2O2/c1-5-11(3,4)10-12-6-8(9(14)15)7(2)13-10/h6H,5H2,1-4H3,(H,14,15). The zero-order valence-electron chi connectivity index (χ0n) is 9.53. The third kappa shape index (κ3) is 2.32. The maximum Gasteiger partial charge on any atom is 0.339 e. The molecule has 1 aromatic rings. The van der Waals surface area contributed by atoms with Crippen LogP contribution in [-0.4, -0.2) is 21.0 Å². The highest BCUT2D eigenvalue weighted by Crippen LogP contribution is 2.23. The van der Waals surface area contributed by atoms with Crippen LogP contribution in [0.25, 0.3) is 0 Å². The van der Waals surface area contributed by atoms with Gasteiger partial charge >= 0.3 is 5.97 Å². The van der Waals surface area contributed by atoms with E-state index in [2.05, 4.69) is 16.9 Å². The first kappa shape index (κ1) is 11.6. The van der Waals surface area contributed by atoms with Crippen molar-refractivity contribution in [3.05, 3.63) is 23.3 Å². The van der Waals surface area contributed by atoms with Gasteiger partial charge in [0, 0.05) is 11.6 Å². The Kier molecular flexibility index (Phi) is 3.07. The lowest BCUT2D eigenvalue weighted by molar-refractivity contribution is 0.0695. The fraction of sp³-hybridized carbons (Fsp3) is 0.545. The van der Waals surface area contributed by atoms with E-state index in [1.807, 2.05) is 13.8 Å². The number of hydrogen-bond donors (Lipinski definition) is 1. The van der Waals surface area contributed by atoms with Crippen molar-refractivity contribution in [3.63, 3.8) is 0 Å². The van der Waals surface area contributed by atoms with Crippen molar-refractivity contribution in [1.29, 1.82) is 0 Å². The van der Waals surface area contributed by atoms with Crippen molar-refractivity contribution in [1.82, 2.24) is 9.97 Å². The highest BCUT2D eigenvalue weighted by Gasteiger charge is 2.22. The molecule has 0 aliphatic rings. The molecular formula is C11H16N2O2. The quantitative estimate of drug-likeness (QED) is 0.826. The first-order chi connectivity index (χ1) is 6.88. The first-order valence-corrected chi connectivity index (χ1v) is 4.96. The number of carbonyl (C=O) groups is 1. The maximum atomic E-state index is 10.8. The third-order valence-corrected chi connectivity index (χ3v) is 2.70. The predicted octanol–water partition coefficient (Wildman–Crippen LogP) is 2.17. The van der Waals surface area contributed by atoms with Gasteiger partial charge in [0.1, 0.15) is 5.82 Å². The molecule has 0 amide bonds. The zero-order chi connectivity index (χ0) is 11.6. The lowest BCUT2D eigenvalue weighted by atomic mass is 9.89. The average Bonchev–Trinajstić information content (AvgIpc) is 2.17. The van der Waals surface area contributed by atoms with Crippen LogP contribution < -0.4 is 0 Å². The Morgan fingerprint density at radius 1 is 1.53 bits per heavy atom. The summed E-state index contributed by atoms with van der Waals surface area (Å²) >= 11 is 0. The van der Waals surface area contributed by atoms with Gasteiger partial charge in [-0.05, 0) is 13.3 Å². The summed E-state index contributed by atoms with van der Waals surface area (Å²) < 4.78 is 0. The smallest absolute Gasteiger partial charge is 0.339 e. The fourth-order valence-corrected chi connectivity index (χ4v) is 1.16. The summed E-state index contributed by atoms with van der Waals surface area (Å²) in [6.45, 7) is 7.84. The summed E-state index contributed by atoms with van der Waals surface area (Å²) in [7, 11) is 0. The number of carboxylic acid groups (broad SMARTS) is 1. The second-order valence-corrected chi connectivity index (χ2v) is 4.24. The van der Waals surface area contributed by atoms with Crippen molar-refractivity contribution >= 4 is 5.97 Å². The van der Waals surface area contributed by atoms with Gasteiger partial charge in [0.05, 0.1) is 11.3 Å². The van der Waals surface area contributed by atoms with Gasteiger partial charge in [0.25, 0.3) is 0 Å². The van der Waals surface area contributed by atoms with Gasteiger partial charge in [-0.25, -0.2) is 14.8 Å². The van der Waals surface area contributed by atoms with Crippen LogP contribution in [0.2, 0.25) is 0 Å². The number of aromatic carboxylic acids is 1. The second-order valence-electron chi connectivity index (χ2n) is 4.24. The molecule has 1 rings (SSSR count). The molecule has 0 atom stereocenters. The van der Waals surface area contributed by atoms with E-state index in [1.165, 1.54) is 6.20 Å². The van der Waals surface area contributed by atoms with Gasteiger partial charge in [-0.2, -0.15) is 0 Å². The van der Waals surface area contributed by atoms with Crippen LogP contribution in [0.3, 0.4) is 0 Å². The van der Waals surface area contributed by atoms with E-state index in [0.717, 1.165) is 6.42 Å². The molecule has 0 spiro atoms. The monoisotopic (exact) mass is 208 g/mol. The lowest BCUT2D eigenvalue weighted by Gasteiger charge is -2.21. The van der Waals surface area contributed by atoms with E-state index in [0.29, 0.717) is 11.5 Å². The number of aryl methyl sites for hydroxylation is 1. The van der Waals surface area contributed by atoms with Crippen molar-refractivity contribution in [2.45, 2.75) is 39.5 Å². The highest BCUT2D eigenvalue weighted by molar-refractivity contribution is 5.88. The molecule has 4 heteroatoms. The van der Waals surface area contributed by atoms with Crippen molar-refractivity contribution in [3.8, 4) is 0 Å². The normalized spacial score (nSPS) is 11.5. The molecule has 0 saturated carbocycles. The second kappa shape index (κ2) is 3.96. The van der Waals surface area contributed by atoms with Gasteiger partial charge in [-0.1, -0.05) is 20.8 Å². The molecule has 0 bridgehead atoms. The number of rotatable bonds is 3.